The van der Waals surface area contributed by atoms with Gasteiger partial charge >= 0.3 is 5.97 Å². The Balaban J connectivity index is 3.05. The fourth-order valence-electron chi connectivity index (χ4n) is 1.69. The van der Waals surface area contributed by atoms with E-state index in [0.29, 0.717) is 5.56 Å². The maximum absolute atomic E-state index is 11.4. The van der Waals surface area contributed by atoms with Crippen LogP contribution in [0.1, 0.15) is 12.0 Å². The lowest BCUT2D eigenvalue weighted by Gasteiger charge is -2.27. The minimum Gasteiger partial charge on any atom is -0.617 e. The van der Waals surface area contributed by atoms with E-state index >= 15 is 0 Å². The molecular formula is C12H16O4S. The Bertz CT molecular complexity index is 366. The number of carbonyl (C=O) groups is 1. The molecule has 1 aromatic rings. The van der Waals surface area contributed by atoms with Gasteiger partial charge in [-0.25, -0.2) is 0 Å². The minimum atomic E-state index is -1.35. The molecule has 0 saturated heterocycles. The average molecular weight is 256 g/mol. The molecule has 0 spiro atoms. The van der Waals surface area contributed by atoms with Crippen molar-refractivity contribution in [2.75, 3.05) is 18.6 Å². The minimum absolute atomic E-state index is 0.159. The van der Waals surface area contributed by atoms with Crippen LogP contribution in [-0.4, -0.2) is 39.4 Å². The van der Waals surface area contributed by atoms with Crippen molar-refractivity contribution in [1.29, 1.82) is 0 Å². The highest BCUT2D eigenvalue weighted by atomic mass is 32.2. The topological polar surface area (TPSA) is 80.6 Å². The van der Waals surface area contributed by atoms with Gasteiger partial charge in [0.05, 0.1) is 12.9 Å². The quantitative estimate of drug-likeness (QED) is 0.737. The Morgan fingerprint density at radius 3 is 2.41 bits per heavy atom. The molecule has 0 heterocycles. The number of hydrogen-bond donors (Lipinski definition) is 2. The van der Waals surface area contributed by atoms with E-state index in [1.165, 1.54) is 6.26 Å². The molecule has 2 N–H and O–H groups in total. The Hall–Kier alpha value is -1.04. The van der Waals surface area contributed by atoms with Crippen LogP contribution in [0.15, 0.2) is 30.3 Å². The van der Waals surface area contributed by atoms with E-state index in [4.69, 9.17) is 0 Å². The number of carboxylic acid groups (broad SMARTS) is 1. The van der Waals surface area contributed by atoms with Gasteiger partial charge in [-0.15, -0.1) is 0 Å². The molecule has 0 aliphatic carbocycles. The first-order valence-electron chi connectivity index (χ1n) is 5.23. The first kappa shape index (κ1) is 14.0. The first-order valence-corrected chi connectivity index (χ1v) is 6.95. The van der Waals surface area contributed by atoms with Crippen molar-refractivity contribution in [3.63, 3.8) is 0 Å². The van der Waals surface area contributed by atoms with Crippen LogP contribution in [0.3, 0.4) is 0 Å². The molecule has 0 fully saturated rings. The maximum Gasteiger partial charge on any atom is 0.316 e. The van der Waals surface area contributed by atoms with Gasteiger partial charge in [-0.1, -0.05) is 41.5 Å². The fourth-order valence-corrected chi connectivity index (χ4v) is 2.32. The largest absolute Gasteiger partial charge is 0.617 e. The van der Waals surface area contributed by atoms with Gasteiger partial charge in [0.15, 0.2) is 0 Å². The molecule has 1 aromatic carbocycles. The Morgan fingerprint density at radius 2 is 2.00 bits per heavy atom. The van der Waals surface area contributed by atoms with Crippen molar-refractivity contribution >= 4 is 17.1 Å². The molecule has 5 heteroatoms. The summed E-state index contributed by atoms with van der Waals surface area (Å²) in [6.07, 6.45) is 1.68. The second-order valence-electron chi connectivity index (χ2n) is 3.94. The highest BCUT2D eigenvalue weighted by Crippen LogP contribution is 2.28. The number of aliphatic carboxylic acids is 1. The van der Waals surface area contributed by atoms with E-state index in [0.717, 1.165) is 0 Å². The van der Waals surface area contributed by atoms with E-state index in [9.17, 15) is 19.6 Å². The lowest BCUT2D eigenvalue weighted by molar-refractivity contribution is -0.145. The summed E-state index contributed by atoms with van der Waals surface area (Å²) in [5.74, 6) is -0.835. The second kappa shape index (κ2) is 6.05. The van der Waals surface area contributed by atoms with Crippen LogP contribution < -0.4 is 0 Å². The predicted molar refractivity (Wildman–Crippen MR) is 66.4 cm³/mol. The third-order valence-electron chi connectivity index (χ3n) is 2.82. The lowest BCUT2D eigenvalue weighted by atomic mass is 9.79. The van der Waals surface area contributed by atoms with Crippen LogP contribution in [0.4, 0.5) is 0 Å². The summed E-state index contributed by atoms with van der Waals surface area (Å²) in [7, 11) is 0. The Morgan fingerprint density at radius 1 is 1.41 bits per heavy atom. The Labute approximate surface area is 103 Å². The summed E-state index contributed by atoms with van der Waals surface area (Å²) >= 11 is -1.08. The molecule has 0 aliphatic rings. The molecule has 0 amide bonds. The molecule has 0 aromatic heterocycles. The third-order valence-corrected chi connectivity index (χ3v) is 3.60. The Kier molecular flexibility index (Phi) is 4.99. The van der Waals surface area contributed by atoms with Crippen molar-refractivity contribution in [2.24, 2.45) is 0 Å². The molecule has 2 atom stereocenters. The highest BCUT2D eigenvalue weighted by molar-refractivity contribution is 7.90. The first-order chi connectivity index (χ1) is 8.03. The summed E-state index contributed by atoms with van der Waals surface area (Å²) in [5, 5.41) is 18.8. The zero-order chi connectivity index (χ0) is 12.9. The van der Waals surface area contributed by atoms with Crippen LogP contribution in [0.5, 0.6) is 0 Å². The normalized spacial score (nSPS) is 16.2. The van der Waals surface area contributed by atoms with Gasteiger partial charge in [0, 0.05) is 6.42 Å². The van der Waals surface area contributed by atoms with Gasteiger partial charge in [0.2, 0.25) is 0 Å². The number of aliphatic hydroxyl groups excluding tert-OH is 1. The average Bonchev–Trinajstić information content (AvgIpc) is 2.31. The molecule has 17 heavy (non-hydrogen) atoms. The molecule has 1 rings (SSSR count). The monoisotopic (exact) mass is 256 g/mol. The highest BCUT2D eigenvalue weighted by Gasteiger charge is 2.40. The molecule has 0 saturated carbocycles. The van der Waals surface area contributed by atoms with Crippen LogP contribution in [0.25, 0.3) is 0 Å². The standard InChI is InChI=1S/C12H16O4S/c1-17(16)8-7-12(9-13,11(14)15)10-5-3-2-4-6-10/h2-6,13H,7-9H2,1H3,(H,14,15)/t12-,17?/m1/s1. The van der Waals surface area contributed by atoms with Crippen molar-refractivity contribution < 1.29 is 19.6 Å². The second-order valence-corrected chi connectivity index (χ2v) is 5.49. The van der Waals surface area contributed by atoms with Crippen molar-refractivity contribution in [3.05, 3.63) is 35.9 Å². The summed E-state index contributed by atoms with van der Waals surface area (Å²) in [6, 6.07) is 8.58. The van der Waals surface area contributed by atoms with E-state index in [1.807, 2.05) is 0 Å². The van der Waals surface area contributed by atoms with Crippen LogP contribution in [0, 0.1) is 0 Å². The molecule has 0 aliphatic heterocycles. The van der Waals surface area contributed by atoms with Crippen molar-refractivity contribution in [2.45, 2.75) is 11.8 Å². The van der Waals surface area contributed by atoms with Crippen molar-refractivity contribution in [1.82, 2.24) is 0 Å². The molecule has 1 unspecified atom stereocenters. The number of aliphatic hydroxyl groups is 1. The smallest absolute Gasteiger partial charge is 0.316 e. The van der Waals surface area contributed by atoms with E-state index < -0.39 is 29.2 Å². The SMILES string of the molecule is C[S+]([O-])CC[C@](CO)(C(=O)O)c1ccccc1. The molecular weight excluding hydrogens is 240 g/mol. The van der Waals surface area contributed by atoms with Crippen LogP contribution in [-0.2, 0) is 21.4 Å². The van der Waals surface area contributed by atoms with Gasteiger partial charge in [0.25, 0.3) is 0 Å². The van der Waals surface area contributed by atoms with E-state index in [-0.39, 0.29) is 12.2 Å². The lowest BCUT2D eigenvalue weighted by Crippen LogP contribution is -2.41. The number of carboxylic acids is 1. The van der Waals surface area contributed by atoms with Gasteiger partial charge in [-0.3, -0.25) is 4.79 Å². The number of hydrogen-bond acceptors (Lipinski definition) is 3. The zero-order valence-corrected chi connectivity index (χ0v) is 10.4. The third kappa shape index (κ3) is 3.21. The molecule has 94 valence electrons. The maximum atomic E-state index is 11.4. The molecule has 4 nitrogen and oxygen atoms in total. The van der Waals surface area contributed by atoms with Gasteiger partial charge < -0.3 is 14.8 Å². The summed E-state index contributed by atoms with van der Waals surface area (Å²) in [5.41, 5.74) is -0.812. The summed E-state index contributed by atoms with van der Waals surface area (Å²) in [4.78, 5) is 11.4. The summed E-state index contributed by atoms with van der Waals surface area (Å²) < 4.78 is 11.1. The number of benzene rings is 1. The molecule has 0 bridgehead atoms. The summed E-state index contributed by atoms with van der Waals surface area (Å²) in [6.45, 7) is -0.496. The van der Waals surface area contributed by atoms with Gasteiger partial charge in [-0.2, -0.15) is 0 Å². The van der Waals surface area contributed by atoms with E-state index in [2.05, 4.69) is 0 Å². The van der Waals surface area contributed by atoms with Crippen molar-refractivity contribution in [3.8, 4) is 0 Å². The molecule has 0 radical (unpaired) electrons. The van der Waals surface area contributed by atoms with E-state index in [1.54, 1.807) is 30.3 Å². The van der Waals surface area contributed by atoms with Gasteiger partial charge in [-0.05, 0) is 5.56 Å². The predicted octanol–water partition coefficient (Wildman–Crippen LogP) is 0.770. The zero-order valence-electron chi connectivity index (χ0n) is 9.63. The van der Waals surface area contributed by atoms with Gasteiger partial charge in [0.1, 0.15) is 11.2 Å². The fraction of sp³-hybridized carbons (Fsp3) is 0.417. The van der Waals surface area contributed by atoms with Crippen LogP contribution >= 0.6 is 0 Å². The number of rotatable bonds is 6. The van der Waals surface area contributed by atoms with Crippen LogP contribution in [0.2, 0.25) is 0 Å².